The maximum absolute atomic E-state index is 5.57. The monoisotopic (exact) mass is 149 g/mol. The second-order valence-corrected chi connectivity index (χ2v) is 2.23. The van der Waals surface area contributed by atoms with Gasteiger partial charge in [0.25, 0.3) is 0 Å². The van der Waals surface area contributed by atoms with E-state index in [-0.39, 0.29) is 0 Å². The van der Waals surface area contributed by atoms with Gasteiger partial charge in [-0.05, 0) is 6.92 Å². The molecule has 0 unspecified atom stereocenters. The van der Waals surface area contributed by atoms with E-state index in [1.54, 1.807) is 23.7 Å². The van der Waals surface area contributed by atoms with Gasteiger partial charge in [0.2, 0.25) is 11.7 Å². The van der Waals surface area contributed by atoms with Gasteiger partial charge in [-0.15, -0.1) is 0 Å². The number of hydrogen-bond acceptors (Lipinski definition) is 4. The van der Waals surface area contributed by atoms with Crippen LogP contribution >= 0.6 is 0 Å². The smallest absolute Gasteiger partial charge is 0.238 e. The van der Waals surface area contributed by atoms with E-state index in [0.717, 1.165) is 0 Å². The number of fused-ring (bicyclic) bond motifs is 1. The Hall–Kier alpha value is -1.65. The van der Waals surface area contributed by atoms with Crippen molar-refractivity contribution >= 4 is 11.7 Å². The molecule has 0 amide bonds. The van der Waals surface area contributed by atoms with Crippen molar-refractivity contribution in [2.24, 2.45) is 0 Å². The maximum atomic E-state index is 5.57. The van der Waals surface area contributed by atoms with E-state index >= 15 is 0 Å². The summed E-state index contributed by atoms with van der Waals surface area (Å²) in [5.74, 6) is 1.65. The topological polar surface area (TPSA) is 69.1 Å². The van der Waals surface area contributed by atoms with Crippen LogP contribution in [0.4, 0.5) is 5.95 Å². The molecule has 0 saturated carbocycles. The Labute approximate surface area is 62.9 Å². The summed E-state index contributed by atoms with van der Waals surface area (Å²) in [4.78, 5) is 12.0. The molecule has 0 aliphatic heterocycles. The fourth-order valence-corrected chi connectivity index (χ4v) is 0.946. The van der Waals surface area contributed by atoms with Crippen molar-refractivity contribution in [3.63, 3.8) is 0 Å². The van der Waals surface area contributed by atoms with Gasteiger partial charge in [-0.25, -0.2) is 4.98 Å². The molecule has 0 aromatic carbocycles. The molecule has 0 aliphatic carbocycles. The molecule has 11 heavy (non-hydrogen) atoms. The SMILES string of the molecule is Cc1nc(N)n2ccnc2n1. The first-order valence-electron chi connectivity index (χ1n) is 3.20. The Kier molecular flexibility index (Phi) is 1.06. The number of nitrogen functional groups attached to an aromatic ring is 1. The third-order valence-corrected chi connectivity index (χ3v) is 1.41. The molecule has 0 radical (unpaired) electrons. The van der Waals surface area contributed by atoms with Gasteiger partial charge in [-0.3, -0.25) is 4.40 Å². The lowest BCUT2D eigenvalue weighted by Gasteiger charge is -1.97. The van der Waals surface area contributed by atoms with Gasteiger partial charge in [-0.2, -0.15) is 9.97 Å². The molecule has 0 aliphatic rings. The number of hydrogen-bond donors (Lipinski definition) is 1. The van der Waals surface area contributed by atoms with Crippen LogP contribution in [-0.4, -0.2) is 19.4 Å². The van der Waals surface area contributed by atoms with Crippen LogP contribution in [0.25, 0.3) is 5.78 Å². The summed E-state index contributed by atoms with van der Waals surface area (Å²) in [5.41, 5.74) is 5.57. The first-order valence-corrected chi connectivity index (χ1v) is 3.20. The molecule has 0 bridgehead atoms. The quantitative estimate of drug-likeness (QED) is 0.573. The number of nitrogens with two attached hydrogens (primary N) is 1. The highest BCUT2D eigenvalue weighted by molar-refractivity contribution is 5.35. The van der Waals surface area contributed by atoms with E-state index in [0.29, 0.717) is 17.6 Å². The Morgan fingerprint density at radius 2 is 2.27 bits per heavy atom. The third-order valence-electron chi connectivity index (χ3n) is 1.41. The highest BCUT2D eigenvalue weighted by Crippen LogP contribution is 2.01. The van der Waals surface area contributed by atoms with Gasteiger partial charge in [0.15, 0.2) is 0 Å². The molecule has 2 N–H and O–H groups in total. The minimum Gasteiger partial charge on any atom is -0.369 e. The molecular formula is C6H7N5. The molecule has 2 aromatic rings. The summed E-state index contributed by atoms with van der Waals surface area (Å²) in [6.07, 6.45) is 3.36. The van der Waals surface area contributed by atoms with E-state index in [1.807, 2.05) is 0 Å². The first-order chi connectivity index (χ1) is 5.27. The van der Waals surface area contributed by atoms with Crippen molar-refractivity contribution in [1.29, 1.82) is 0 Å². The summed E-state index contributed by atoms with van der Waals surface area (Å²) in [7, 11) is 0. The molecule has 2 heterocycles. The van der Waals surface area contributed by atoms with Crippen molar-refractivity contribution in [3.8, 4) is 0 Å². The van der Waals surface area contributed by atoms with Gasteiger partial charge in [-0.1, -0.05) is 0 Å². The predicted octanol–water partition coefficient (Wildman–Crippen LogP) is 0.0149. The fraction of sp³-hybridized carbons (Fsp3) is 0.167. The normalized spacial score (nSPS) is 10.6. The largest absolute Gasteiger partial charge is 0.369 e. The minimum absolute atomic E-state index is 0.421. The van der Waals surface area contributed by atoms with Gasteiger partial charge in [0.05, 0.1) is 0 Å². The maximum Gasteiger partial charge on any atom is 0.238 e. The lowest BCUT2D eigenvalue weighted by Crippen LogP contribution is -2.03. The van der Waals surface area contributed by atoms with Crippen molar-refractivity contribution in [1.82, 2.24) is 19.4 Å². The molecule has 2 rings (SSSR count). The Balaban J connectivity index is 2.91. The number of rotatable bonds is 0. The van der Waals surface area contributed by atoms with Crippen molar-refractivity contribution in [3.05, 3.63) is 18.2 Å². The molecule has 5 heteroatoms. The van der Waals surface area contributed by atoms with Crippen LogP contribution in [0.5, 0.6) is 0 Å². The summed E-state index contributed by atoms with van der Waals surface area (Å²) < 4.78 is 1.63. The summed E-state index contributed by atoms with van der Waals surface area (Å²) in [6.45, 7) is 1.78. The van der Waals surface area contributed by atoms with E-state index in [1.165, 1.54) is 0 Å². The van der Waals surface area contributed by atoms with E-state index in [9.17, 15) is 0 Å². The van der Waals surface area contributed by atoms with E-state index in [2.05, 4.69) is 15.0 Å². The summed E-state index contributed by atoms with van der Waals surface area (Å²) in [6, 6.07) is 0. The Bertz CT molecular complexity index is 391. The molecule has 0 fully saturated rings. The van der Waals surface area contributed by atoms with Gasteiger partial charge in [0.1, 0.15) is 5.82 Å². The zero-order valence-electron chi connectivity index (χ0n) is 6.02. The van der Waals surface area contributed by atoms with Crippen LogP contribution < -0.4 is 5.73 Å². The van der Waals surface area contributed by atoms with Crippen LogP contribution in [0.15, 0.2) is 12.4 Å². The first kappa shape index (κ1) is 6.09. The molecule has 0 atom stereocenters. The second kappa shape index (κ2) is 1.91. The molecule has 5 nitrogen and oxygen atoms in total. The molecule has 0 spiro atoms. The lowest BCUT2D eigenvalue weighted by atomic mass is 10.7. The Morgan fingerprint density at radius 3 is 3.09 bits per heavy atom. The van der Waals surface area contributed by atoms with Crippen molar-refractivity contribution < 1.29 is 0 Å². The average Bonchev–Trinajstić information content (AvgIpc) is 2.34. The van der Waals surface area contributed by atoms with Crippen LogP contribution in [0.1, 0.15) is 5.82 Å². The molecule has 56 valence electrons. The number of aryl methyl sites for hydroxylation is 1. The highest BCUT2D eigenvalue weighted by Gasteiger charge is 1.99. The molecular weight excluding hydrogens is 142 g/mol. The molecule has 0 saturated heterocycles. The van der Waals surface area contributed by atoms with Gasteiger partial charge < -0.3 is 5.73 Å². The number of aromatic nitrogens is 4. The van der Waals surface area contributed by atoms with Gasteiger partial charge >= 0.3 is 0 Å². The molecule has 2 aromatic heterocycles. The van der Waals surface area contributed by atoms with Crippen LogP contribution in [-0.2, 0) is 0 Å². The fourth-order valence-electron chi connectivity index (χ4n) is 0.946. The lowest BCUT2D eigenvalue weighted by molar-refractivity contribution is 0.972. The summed E-state index contributed by atoms with van der Waals surface area (Å²) in [5, 5.41) is 0. The Morgan fingerprint density at radius 1 is 1.45 bits per heavy atom. The standard InChI is InChI=1S/C6H7N5/c1-4-9-5(7)11-3-2-8-6(11)10-4/h2-3H,1H3,(H2,7,8,9,10). The number of anilines is 1. The van der Waals surface area contributed by atoms with Crippen LogP contribution in [0.3, 0.4) is 0 Å². The number of nitrogens with zero attached hydrogens (tertiary/aromatic N) is 4. The summed E-state index contributed by atoms with van der Waals surface area (Å²) >= 11 is 0. The highest BCUT2D eigenvalue weighted by atomic mass is 15.2. The number of imidazole rings is 1. The van der Waals surface area contributed by atoms with Gasteiger partial charge in [0, 0.05) is 12.4 Å². The zero-order chi connectivity index (χ0) is 7.84. The van der Waals surface area contributed by atoms with Crippen molar-refractivity contribution in [2.75, 3.05) is 5.73 Å². The minimum atomic E-state index is 0.421. The van der Waals surface area contributed by atoms with Crippen molar-refractivity contribution in [2.45, 2.75) is 6.92 Å². The third kappa shape index (κ3) is 0.813. The van der Waals surface area contributed by atoms with E-state index in [4.69, 9.17) is 5.73 Å². The van der Waals surface area contributed by atoms with E-state index < -0.39 is 0 Å². The predicted molar refractivity (Wildman–Crippen MR) is 39.9 cm³/mol. The van der Waals surface area contributed by atoms with Crippen LogP contribution in [0.2, 0.25) is 0 Å². The second-order valence-electron chi connectivity index (χ2n) is 2.23. The zero-order valence-corrected chi connectivity index (χ0v) is 6.02. The average molecular weight is 149 g/mol. The van der Waals surface area contributed by atoms with Crippen LogP contribution in [0, 0.1) is 6.92 Å².